The van der Waals surface area contributed by atoms with Gasteiger partial charge in [0.2, 0.25) is 5.91 Å². The fourth-order valence-electron chi connectivity index (χ4n) is 5.05. The van der Waals surface area contributed by atoms with Crippen molar-refractivity contribution >= 4 is 13.7 Å². The van der Waals surface area contributed by atoms with E-state index in [-0.39, 0.29) is 25.5 Å². The maximum Gasteiger partial charge on any atom is 0.472 e. The summed E-state index contributed by atoms with van der Waals surface area (Å²) in [6, 6.07) is -0.902. The van der Waals surface area contributed by atoms with Crippen molar-refractivity contribution in [2.24, 2.45) is 0 Å². The number of phosphoric acid groups is 1. The molecule has 0 saturated heterocycles. The average Bonchev–Trinajstić information content (AvgIpc) is 3.07. The number of hydrogen-bond acceptors (Lipinski definition) is 5. The fourth-order valence-corrected chi connectivity index (χ4v) is 5.78. The predicted molar refractivity (Wildman–Crippen MR) is 216 cm³/mol. The molecule has 3 N–H and O–H groups in total. The van der Waals surface area contributed by atoms with Crippen molar-refractivity contribution in [3.05, 3.63) is 72.9 Å². The van der Waals surface area contributed by atoms with Crippen LogP contribution in [0.3, 0.4) is 0 Å². The minimum atomic E-state index is -4.36. The van der Waals surface area contributed by atoms with Crippen molar-refractivity contribution in [1.29, 1.82) is 0 Å². The molecule has 0 aromatic carbocycles. The molecule has 0 aliphatic heterocycles. The van der Waals surface area contributed by atoms with Crippen LogP contribution in [0.15, 0.2) is 72.9 Å². The SMILES string of the molecule is CC/C=C\C/C=C\C/C=C\C/C=C\C/C=C\CC(=O)NC(COP(=O)(O)OCC[N+](C)(C)C)C(O)/C=C/CCCCCCCCCCCCCC. The summed E-state index contributed by atoms with van der Waals surface area (Å²) in [5.74, 6) is -0.308. The van der Waals surface area contributed by atoms with Gasteiger partial charge in [-0.15, -0.1) is 0 Å². The monoisotopic (exact) mass is 736 g/mol. The molecule has 0 saturated carbocycles. The van der Waals surface area contributed by atoms with E-state index in [9.17, 15) is 19.4 Å². The Kier molecular flexibility index (Phi) is 32.4. The number of likely N-dealkylation sites (N-methyl/N-ethyl adjacent to an activating group) is 1. The largest absolute Gasteiger partial charge is 0.472 e. The molecule has 3 atom stereocenters. The quantitative estimate of drug-likeness (QED) is 0.0263. The number of allylic oxidation sites excluding steroid dienone is 10. The molecule has 0 radical (unpaired) electrons. The first kappa shape index (κ1) is 48.9. The van der Waals surface area contributed by atoms with Crippen molar-refractivity contribution in [2.75, 3.05) is 40.9 Å². The number of rotatable bonds is 34. The second-order valence-corrected chi connectivity index (χ2v) is 15.7. The molecule has 9 heteroatoms. The van der Waals surface area contributed by atoms with Gasteiger partial charge >= 0.3 is 7.82 Å². The van der Waals surface area contributed by atoms with E-state index in [1.807, 2.05) is 33.3 Å². The van der Waals surface area contributed by atoms with Crippen LogP contribution in [0.4, 0.5) is 0 Å². The number of nitrogens with one attached hydrogen (secondary N) is 1. The Morgan fingerprint density at radius 3 is 1.65 bits per heavy atom. The molecular formula is C42H76N2O6P+. The molecule has 51 heavy (non-hydrogen) atoms. The van der Waals surface area contributed by atoms with Crippen molar-refractivity contribution in [2.45, 2.75) is 148 Å². The van der Waals surface area contributed by atoms with Gasteiger partial charge in [-0.05, 0) is 44.9 Å². The number of nitrogens with zero attached hydrogens (tertiary/aromatic N) is 1. The Hall–Kier alpha value is -2.06. The second-order valence-electron chi connectivity index (χ2n) is 14.3. The number of carbonyl (C=O) groups is 1. The molecule has 0 bridgehead atoms. The molecule has 0 aromatic rings. The van der Waals surface area contributed by atoms with Gasteiger partial charge in [0.05, 0.1) is 39.9 Å². The van der Waals surface area contributed by atoms with E-state index in [1.54, 1.807) is 12.2 Å². The normalized spacial score (nSPS) is 15.4. The van der Waals surface area contributed by atoms with E-state index < -0.39 is 20.0 Å². The van der Waals surface area contributed by atoms with Gasteiger partial charge in [-0.25, -0.2) is 4.57 Å². The summed E-state index contributed by atoms with van der Waals surface area (Å²) in [6.45, 7) is 4.59. The van der Waals surface area contributed by atoms with Crippen molar-refractivity contribution in [3.8, 4) is 0 Å². The van der Waals surface area contributed by atoms with E-state index in [1.165, 1.54) is 64.2 Å². The average molecular weight is 736 g/mol. The number of aliphatic hydroxyl groups is 1. The maximum atomic E-state index is 12.7. The first-order chi connectivity index (χ1) is 24.5. The van der Waals surface area contributed by atoms with Crippen LogP contribution in [-0.4, -0.2) is 73.4 Å². The molecule has 0 aliphatic carbocycles. The fraction of sp³-hybridized carbons (Fsp3) is 0.690. The maximum absolute atomic E-state index is 12.7. The third-order valence-corrected chi connectivity index (χ3v) is 9.20. The summed E-state index contributed by atoms with van der Waals surface area (Å²) < 4.78 is 23.4. The van der Waals surface area contributed by atoms with E-state index in [0.29, 0.717) is 17.4 Å². The predicted octanol–water partition coefficient (Wildman–Crippen LogP) is 10.5. The number of phosphoric ester groups is 1. The van der Waals surface area contributed by atoms with E-state index in [0.717, 1.165) is 44.9 Å². The minimum absolute atomic E-state index is 0.0415. The summed E-state index contributed by atoms with van der Waals surface area (Å²) in [5.41, 5.74) is 0. The Balaban J connectivity index is 4.69. The molecule has 0 fully saturated rings. The van der Waals surface area contributed by atoms with Crippen LogP contribution in [-0.2, 0) is 18.4 Å². The zero-order valence-electron chi connectivity index (χ0n) is 33.1. The number of unbranched alkanes of at least 4 members (excludes halogenated alkanes) is 12. The molecule has 3 unspecified atom stereocenters. The Labute approximate surface area is 313 Å². The highest BCUT2D eigenvalue weighted by Crippen LogP contribution is 2.43. The Morgan fingerprint density at radius 2 is 1.16 bits per heavy atom. The number of hydrogen-bond donors (Lipinski definition) is 3. The summed E-state index contributed by atoms with van der Waals surface area (Å²) in [6.07, 6.45) is 44.2. The van der Waals surface area contributed by atoms with Crippen molar-refractivity contribution in [1.82, 2.24) is 5.32 Å². The Bertz CT molecular complexity index is 1060. The Morgan fingerprint density at radius 1 is 0.686 bits per heavy atom. The van der Waals surface area contributed by atoms with E-state index >= 15 is 0 Å². The summed E-state index contributed by atoms with van der Waals surface area (Å²) in [7, 11) is 1.50. The number of aliphatic hydroxyl groups excluding tert-OH is 1. The minimum Gasteiger partial charge on any atom is -0.387 e. The number of quaternary nitrogens is 1. The van der Waals surface area contributed by atoms with Gasteiger partial charge in [0.25, 0.3) is 0 Å². The molecule has 0 rings (SSSR count). The van der Waals surface area contributed by atoms with Gasteiger partial charge in [0.15, 0.2) is 0 Å². The van der Waals surface area contributed by atoms with Gasteiger partial charge in [0.1, 0.15) is 13.2 Å². The smallest absolute Gasteiger partial charge is 0.387 e. The molecule has 0 spiro atoms. The lowest BCUT2D eigenvalue weighted by Gasteiger charge is -2.25. The standard InChI is InChI=1S/C42H75N2O6P/c1-6-8-10-12-14-16-18-20-22-24-26-28-30-32-34-36-42(46)43-40(39-50-51(47,48)49-38-37-44(3,4)5)41(45)35-33-31-29-27-25-23-21-19-17-15-13-11-9-7-2/h8,10,14,16,20,22,26,28,32-35,40-41,45H,6-7,9,11-13,15,17-19,21,23-25,27,29-31,36-39H2,1-5H3,(H-,43,46,47,48)/p+1/b10-8-,16-14-,22-20-,28-26-,34-32-,35-33+. The van der Waals surface area contributed by atoms with Crippen LogP contribution in [0.5, 0.6) is 0 Å². The summed E-state index contributed by atoms with van der Waals surface area (Å²) in [5, 5.41) is 13.7. The third kappa shape index (κ3) is 36.1. The second kappa shape index (κ2) is 33.8. The summed E-state index contributed by atoms with van der Waals surface area (Å²) >= 11 is 0. The lowest BCUT2D eigenvalue weighted by Crippen LogP contribution is -2.45. The third-order valence-electron chi connectivity index (χ3n) is 8.21. The topological polar surface area (TPSA) is 105 Å². The first-order valence-electron chi connectivity index (χ1n) is 19.8. The summed E-state index contributed by atoms with van der Waals surface area (Å²) in [4.78, 5) is 22.9. The van der Waals surface area contributed by atoms with Gasteiger partial charge in [0, 0.05) is 6.42 Å². The van der Waals surface area contributed by atoms with Gasteiger partial charge in [-0.2, -0.15) is 0 Å². The van der Waals surface area contributed by atoms with Crippen LogP contribution >= 0.6 is 7.82 Å². The molecule has 0 heterocycles. The van der Waals surface area contributed by atoms with Gasteiger partial charge in [-0.1, -0.05) is 157 Å². The van der Waals surface area contributed by atoms with Crippen LogP contribution < -0.4 is 5.32 Å². The van der Waals surface area contributed by atoms with E-state index in [2.05, 4.69) is 67.8 Å². The first-order valence-corrected chi connectivity index (χ1v) is 21.3. The van der Waals surface area contributed by atoms with Crippen LogP contribution in [0.25, 0.3) is 0 Å². The molecule has 8 nitrogen and oxygen atoms in total. The highest BCUT2D eigenvalue weighted by atomic mass is 31.2. The van der Waals surface area contributed by atoms with Gasteiger partial charge in [-0.3, -0.25) is 13.8 Å². The molecule has 0 aromatic heterocycles. The van der Waals surface area contributed by atoms with Crippen LogP contribution in [0.1, 0.15) is 136 Å². The van der Waals surface area contributed by atoms with Crippen molar-refractivity contribution < 1.29 is 32.9 Å². The zero-order chi connectivity index (χ0) is 37.9. The molecule has 0 aliphatic rings. The van der Waals surface area contributed by atoms with Crippen LogP contribution in [0.2, 0.25) is 0 Å². The lowest BCUT2D eigenvalue weighted by molar-refractivity contribution is -0.870. The lowest BCUT2D eigenvalue weighted by atomic mass is 10.0. The highest BCUT2D eigenvalue weighted by Gasteiger charge is 2.27. The van der Waals surface area contributed by atoms with Crippen LogP contribution in [0, 0.1) is 0 Å². The van der Waals surface area contributed by atoms with Gasteiger partial charge < -0.3 is 19.8 Å². The highest BCUT2D eigenvalue weighted by molar-refractivity contribution is 7.47. The molecule has 294 valence electrons. The molecule has 1 amide bonds. The number of carbonyl (C=O) groups excluding carboxylic acids is 1. The van der Waals surface area contributed by atoms with Crippen molar-refractivity contribution in [3.63, 3.8) is 0 Å². The number of amides is 1. The van der Waals surface area contributed by atoms with E-state index in [4.69, 9.17) is 9.05 Å². The molecular weight excluding hydrogens is 659 g/mol. The zero-order valence-corrected chi connectivity index (χ0v) is 34.0.